The van der Waals surface area contributed by atoms with Crippen molar-refractivity contribution >= 4 is 27.2 Å². The number of nitrogens with one attached hydrogen (secondary N) is 1. The zero-order chi connectivity index (χ0) is 18.0. The van der Waals surface area contributed by atoms with Crippen molar-refractivity contribution in [1.29, 1.82) is 0 Å². The fraction of sp³-hybridized carbons (Fsp3) is 0.588. The topological polar surface area (TPSA) is 93.4 Å². The smallest absolute Gasteiger partial charge is 0.244 e. The molecule has 0 saturated heterocycles. The van der Waals surface area contributed by atoms with Crippen LogP contribution in [0.4, 0.5) is 5.82 Å². The number of hydrogen-bond donors (Lipinski definition) is 1. The van der Waals surface area contributed by atoms with Crippen LogP contribution in [0.25, 0.3) is 5.65 Å². The standard InChI is InChI=1S/C17H24N4O3S/c1-12(2)16(25(23,24)13-6-4-3-5-7-13)17(22)20-15-8-10-18-14-9-11-19-21(14)15/h8-13,16H,3-7H2,1-2H3,(H,20,22). The van der Waals surface area contributed by atoms with E-state index in [1.54, 1.807) is 38.4 Å². The molecule has 0 aliphatic heterocycles. The van der Waals surface area contributed by atoms with Crippen molar-refractivity contribution in [2.45, 2.75) is 56.5 Å². The van der Waals surface area contributed by atoms with Crippen LogP contribution in [0.1, 0.15) is 46.0 Å². The van der Waals surface area contributed by atoms with E-state index in [0.717, 1.165) is 19.3 Å². The van der Waals surface area contributed by atoms with Crippen molar-refractivity contribution in [1.82, 2.24) is 14.6 Å². The molecule has 0 spiro atoms. The number of aromatic nitrogens is 3. The minimum absolute atomic E-state index is 0.304. The third-order valence-corrected chi connectivity index (χ3v) is 7.64. The average molecular weight is 364 g/mol. The van der Waals surface area contributed by atoms with Crippen molar-refractivity contribution in [2.24, 2.45) is 5.92 Å². The highest BCUT2D eigenvalue weighted by molar-refractivity contribution is 7.93. The van der Waals surface area contributed by atoms with Crippen molar-refractivity contribution < 1.29 is 13.2 Å². The first kappa shape index (κ1) is 17.8. The van der Waals surface area contributed by atoms with Gasteiger partial charge >= 0.3 is 0 Å². The van der Waals surface area contributed by atoms with Crippen LogP contribution in [0.15, 0.2) is 24.5 Å². The van der Waals surface area contributed by atoms with Crippen molar-refractivity contribution in [3.8, 4) is 0 Å². The highest BCUT2D eigenvalue weighted by Gasteiger charge is 2.41. The van der Waals surface area contributed by atoms with Gasteiger partial charge in [0.15, 0.2) is 15.5 Å². The summed E-state index contributed by atoms with van der Waals surface area (Å²) in [4.78, 5) is 17.0. The SMILES string of the molecule is CC(C)C(C(=O)Nc1ccnc2ccnn12)S(=O)(=O)C1CCCCC1. The van der Waals surface area contributed by atoms with Crippen LogP contribution < -0.4 is 5.32 Å². The Labute approximate surface area is 147 Å². The number of fused-ring (bicyclic) bond motifs is 1. The predicted molar refractivity (Wildman–Crippen MR) is 96.0 cm³/mol. The fourth-order valence-corrected chi connectivity index (χ4v) is 6.08. The molecule has 7 nitrogen and oxygen atoms in total. The Morgan fingerprint density at radius 2 is 1.92 bits per heavy atom. The number of anilines is 1. The highest BCUT2D eigenvalue weighted by atomic mass is 32.2. The van der Waals surface area contributed by atoms with Crippen LogP contribution in [0, 0.1) is 5.92 Å². The monoisotopic (exact) mass is 364 g/mol. The molecule has 136 valence electrons. The Kier molecular flexibility index (Phi) is 5.08. The molecule has 8 heteroatoms. The zero-order valence-corrected chi connectivity index (χ0v) is 15.4. The van der Waals surface area contributed by atoms with E-state index in [-0.39, 0.29) is 5.92 Å². The summed E-state index contributed by atoms with van der Waals surface area (Å²) in [6.07, 6.45) is 7.33. The van der Waals surface area contributed by atoms with Gasteiger partial charge in [0, 0.05) is 12.3 Å². The maximum Gasteiger partial charge on any atom is 0.244 e. The van der Waals surface area contributed by atoms with E-state index in [4.69, 9.17) is 0 Å². The lowest BCUT2D eigenvalue weighted by Crippen LogP contribution is -2.44. The second-order valence-electron chi connectivity index (χ2n) is 6.93. The molecule has 2 aromatic heterocycles. The molecule has 1 atom stereocenters. The van der Waals surface area contributed by atoms with E-state index < -0.39 is 26.2 Å². The van der Waals surface area contributed by atoms with E-state index in [2.05, 4.69) is 15.4 Å². The van der Waals surface area contributed by atoms with E-state index >= 15 is 0 Å². The van der Waals surface area contributed by atoms with Gasteiger partial charge in [-0.05, 0) is 24.8 Å². The summed E-state index contributed by atoms with van der Waals surface area (Å²) in [6.45, 7) is 3.56. The lowest BCUT2D eigenvalue weighted by Gasteiger charge is -2.28. The van der Waals surface area contributed by atoms with Gasteiger partial charge in [0.2, 0.25) is 5.91 Å². The Morgan fingerprint density at radius 3 is 2.60 bits per heavy atom. The van der Waals surface area contributed by atoms with Gasteiger partial charge in [-0.2, -0.15) is 9.61 Å². The Balaban J connectivity index is 1.87. The Bertz CT molecular complexity index is 854. The van der Waals surface area contributed by atoms with Gasteiger partial charge in [-0.15, -0.1) is 0 Å². The summed E-state index contributed by atoms with van der Waals surface area (Å²) < 4.78 is 27.6. The summed E-state index contributed by atoms with van der Waals surface area (Å²) in [5, 5.41) is 5.38. The third kappa shape index (κ3) is 3.53. The minimum Gasteiger partial charge on any atom is -0.309 e. The van der Waals surface area contributed by atoms with Gasteiger partial charge in [0.1, 0.15) is 11.1 Å². The number of nitrogens with zero attached hydrogens (tertiary/aromatic N) is 3. The van der Waals surface area contributed by atoms with Crippen LogP contribution >= 0.6 is 0 Å². The summed E-state index contributed by atoms with van der Waals surface area (Å²) in [6, 6.07) is 3.33. The van der Waals surface area contributed by atoms with Gasteiger partial charge < -0.3 is 5.32 Å². The predicted octanol–water partition coefficient (Wildman–Crippen LogP) is 2.44. The lowest BCUT2D eigenvalue weighted by atomic mass is 10.0. The first-order valence-electron chi connectivity index (χ1n) is 8.73. The van der Waals surface area contributed by atoms with Crippen molar-refractivity contribution in [3.63, 3.8) is 0 Å². The molecule has 3 rings (SSSR count). The molecule has 1 N–H and O–H groups in total. The molecule has 1 amide bonds. The highest BCUT2D eigenvalue weighted by Crippen LogP contribution is 2.29. The molecule has 1 saturated carbocycles. The molecule has 0 radical (unpaired) electrons. The fourth-order valence-electron chi connectivity index (χ4n) is 3.56. The molecular formula is C17H24N4O3S. The normalized spacial score (nSPS) is 17.7. The van der Waals surface area contributed by atoms with E-state index in [9.17, 15) is 13.2 Å². The summed E-state index contributed by atoms with van der Waals surface area (Å²) >= 11 is 0. The second-order valence-corrected chi connectivity index (χ2v) is 9.29. The maximum atomic E-state index is 13.1. The molecule has 1 unspecified atom stereocenters. The van der Waals surface area contributed by atoms with Crippen LogP contribution in [0.2, 0.25) is 0 Å². The number of carbonyl (C=O) groups is 1. The number of carbonyl (C=O) groups excluding carboxylic acids is 1. The molecular weight excluding hydrogens is 340 g/mol. The van der Waals surface area contributed by atoms with Crippen LogP contribution in [0.3, 0.4) is 0 Å². The van der Waals surface area contributed by atoms with E-state index in [1.807, 2.05) is 0 Å². The van der Waals surface area contributed by atoms with Gasteiger partial charge in [-0.1, -0.05) is 33.1 Å². The first-order valence-corrected chi connectivity index (χ1v) is 10.3. The quantitative estimate of drug-likeness (QED) is 0.879. The molecule has 1 aliphatic rings. The van der Waals surface area contributed by atoms with Crippen LogP contribution in [0.5, 0.6) is 0 Å². The first-order chi connectivity index (χ1) is 11.9. The second kappa shape index (κ2) is 7.11. The maximum absolute atomic E-state index is 13.1. The van der Waals surface area contributed by atoms with Crippen LogP contribution in [-0.4, -0.2) is 39.4 Å². The minimum atomic E-state index is -3.54. The molecule has 1 aliphatic carbocycles. The molecule has 25 heavy (non-hydrogen) atoms. The zero-order valence-electron chi connectivity index (χ0n) is 14.6. The van der Waals surface area contributed by atoms with Gasteiger partial charge in [0.05, 0.1) is 11.4 Å². The van der Waals surface area contributed by atoms with Gasteiger partial charge in [-0.3, -0.25) is 4.79 Å². The van der Waals surface area contributed by atoms with Crippen molar-refractivity contribution in [3.05, 3.63) is 24.5 Å². The van der Waals surface area contributed by atoms with Crippen LogP contribution in [-0.2, 0) is 14.6 Å². The molecule has 1 fully saturated rings. The summed E-state index contributed by atoms with van der Waals surface area (Å²) in [7, 11) is -3.54. The number of sulfone groups is 1. The lowest BCUT2D eigenvalue weighted by molar-refractivity contribution is -0.116. The number of amides is 1. The Morgan fingerprint density at radius 1 is 1.20 bits per heavy atom. The van der Waals surface area contributed by atoms with Gasteiger partial charge in [0.25, 0.3) is 0 Å². The van der Waals surface area contributed by atoms with E-state index in [0.29, 0.717) is 24.3 Å². The average Bonchev–Trinajstić information content (AvgIpc) is 3.05. The van der Waals surface area contributed by atoms with Crippen molar-refractivity contribution in [2.75, 3.05) is 5.32 Å². The number of rotatable bonds is 5. The largest absolute Gasteiger partial charge is 0.309 e. The molecule has 2 aromatic rings. The van der Waals surface area contributed by atoms with E-state index in [1.165, 1.54) is 4.52 Å². The summed E-state index contributed by atoms with van der Waals surface area (Å²) in [5.74, 6) is -0.380. The molecule has 2 heterocycles. The summed E-state index contributed by atoms with van der Waals surface area (Å²) in [5.41, 5.74) is 0.592. The Hall–Kier alpha value is -1.96. The molecule has 0 aromatic carbocycles. The third-order valence-electron chi connectivity index (χ3n) is 4.78. The number of hydrogen-bond acceptors (Lipinski definition) is 5. The van der Waals surface area contributed by atoms with Gasteiger partial charge in [-0.25, -0.2) is 13.4 Å². The molecule has 0 bridgehead atoms.